The minimum absolute atomic E-state index is 0.00540. The summed E-state index contributed by atoms with van der Waals surface area (Å²) >= 11 is 0. The SMILES string of the molecule is O=C(CN1CCN(C(=O)c2ccccc2OC(F)F)CC1)NCC(F)(F)F. The molecule has 0 spiro atoms. The monoisotopic (exact) mass is 395 g/mol. The largest absolute Gasteiger partial charge is 0.434 e. The Morgan fingerprint density at radius 3 is 2.33 bits per heavy atom. The highest BCUT2D eigenvalue weighted by Crippen LogP contribution is 2.22. The second-order valence-corrected chi connectivity index (χ2v) is 5.83. The van der Waals surface area contributed by atoms with Gasteiger partial charge in [0.05, 0.1) is 12.1 Å². The second-order valence-electron chi connectivity index (χ2n) is 5.83. The van der Waals surface area contributed by atoms with Crippen molar-refractivity contribution in [3.05, 3.63) is 29.8 Å². The zero-order valence-corrected chi connectivity index (χ0v) is 14.1. The number of para-hydroxylation sites is 1. The van der Waals surface area contributed by atoms with Gasteiger partial charge in [-0.1, -0.05) is 12.1 Å². The van der Waals surface area contributed by atoms with E-state index in [4.69, 9.17) is 0 Å². The topological polar surface area (TPSA) is 61.9 Å². The number of piperazine rings is 1. The van der Waals surface area contributed by atoms with Gasteiger partial charge in [-0.3, -0.25) is 14.5 Å². The molecule has 0 bridgehead atoms. The minimum Gasteiger partial charge on any atom is -0.434 e. The van der Waals surface area contributed by atoms with Crippen LogP contribution in [0.2, 0.25) is 0 Å². The summed E-state index contributed by atoms with van der Waals surface area (Å²) in [4.78, 5) is 27.1. The summed E-state index contributed by atoms with van der Waals surface area (Å²) in [6.07, 6.45) is -4.48. The molecule has 0 atom stereocenters. The van der Waals surface area contributed by atoms with Gasteiger partial charge in [0.15, 0.2) is 0 Å². The molecule has 0 aliphatic carbocycles. The maximum absolute atomic E-state index is 12.5. The lowest BCUT2D eigenvalue weighted by Gasteiger charge is -2.34. The highest BCUT2D eigenvalue weighted by atomic mass is 19.4. The van der Waals surface area contributed by atoms with Crippen LogP contribution < -0.4 is 10.1 Å². The molecule has 2 rings (SSSR count). The fraction of sp³-hybridized carbons (Fsp3) is 0.500. The fourth-order valence-electron chi connectivity index (χ4n) is 2.58. The molecule has 1 aromatic rings. The van der Waals surface area contributed by atoms with Gasteiger partial charge in [0, 0.05) is 26.2 Å². The van der Waals surface area contributed by atoms with Gasteiger partial charge >= 0.3 is 12.8 Å². The van der Waals surface area contributed by atoms with Crippen LogP contribution in [0.15, 0.2) is 24.3 Å². The second kappa shape index (κ2) is 8.98. The van der Waals surface area contributed by atoms with Crippen molar-refractivity contribution in [2.24, 2.45) is 0 Å². The molecular weight excluding hydrogens is 377 g/mol. The number of hydrogen-bond acceptors (Lipinski definition) is 4. The van der Waals surface area contributed by atoms with Crippen molar-refractivity contribution in [3.63, 3.8) is 0 Å². The smallest absolute Gasteiger partial charge is 0.405 e. The van der Waals surface area contributed by atoms with Gasteiger partial charge < -0.3 is 15.0 Å². The van der Waals surface area contributed by atoms with Crippen molar-refractivity contribution < 1.29 is 36.3 Å². The summed E-state index contributed by atoms with van der Waals surface area (Å²) in [5.41, 5.74) is -0.00540. The third kappa shape index (κ3) is 6.66. The van der Waals surface area contributed by atoms with Crippen LogP contribution in [0, 0.1) is 0 Å². The predicted molar refractivity (Wildman–Crippen MR) is 84.5 cm³/mol. The summed E-state index contributed by atoms with van der Waals surface area (Å²) in [7, 11) is 0. The van der Waals surface area contributed by atoms with Crippen LogP contribution in [0.3, 0.4) is 0 Å². The Balaban J connectivity index is 1.87. The van der Waals surface area contributed by atoms with Crippen molar-refractivity contribution in [1.82, 2.24) is 15.1 Å². The summed E-state index contributed by atoms with van der Waals surface area (Å²) in [6.45, 7) is -3.74. The first kappa shape index (κ1) is 20.9. The first-order chi connectivity index (χ1) is 12.7. The Bertz CT molecular complexity index is 661. The normalized spacial score (nSPS) is 15.7. The van der Waals surface area contributed by atoms with E-state index in [0.29, 0.717) is 0 Å². The Morgan fingerprint density at radius 2 is 1.74 bits per heavy atom. The molecule has 1 aromatic carbocycles. The van der Waals surface area contributed by atoms with Crippen LogP contribution in [0.4, 0.5) is 22.0 Å². The molecule has 11 heteroatoms. The van der Waals surface area contributed by atoms with Crippen molar-refractivity contribution in [2.75, 3.05) is 39.3 Å². The van der Waals surface area contributed by atoms with E-state index in [1.54, 1.807) is 10.2 Å². The third-order valence-corrected chi connectivity index (χ3v) is 3.85. The highest BCUT2D eigenvalue weighted by molar-refractivity contribution is 5.97. The zero-order chi connectivity index (χ0) is 20.0. The highest BCUT2D eigenvalue weighted by Gasteiger charge is 2.29. The standard InChI is InChI=1S/C16H18F5N3O3/c17-15(18)27-12-4-2-1-3-11(12)14(26)24-7-5-23(6-8-24)9-13(25)22-10-16(19,20)21/h1-4,15H,5-10H2,(H,22,25). The number of halogens is 5. The number of nitrogens with zero attached hydrogens (tertiary/aromatic N) is 2. The van der Waals surface area contributed by atoms with Gasteiger partial charge in [0.2, 0.25) is 5.91 Å². The summed E-state index contributed by atoms with van der Waals surface area (Å²) < 4.78 is 65.5. The number of rotatable bonds is 6. The van der Waals surface area contributed by atoms with E-state index in [9.17, 15) is 31.5 Å². The average Bonchev–Trinajstić information content (AvgIpc) is 2.59. The van der Waals surface area contributed by atoms with E-state index in [1.165, 1.54) is 29.2 Å². The molecule has 1 aliphatic heterocycles. The number of carbonyl (C=O) groups is 2. The van der Waals surface area contributed by atoms with Crippen LogP contribution >= 0.6 is 0 Å². The lowest BCUT2D eigenvalue weighted by molar-refractivity contribution is -0.139. The molecule has 2 amide bonds. The maximum atomic E-state index is 12.5. The van der Waals surface area contributed by atoms with Crippen LogP contribution in [-0.4, -0.2) is 73.7 Å². The average molecular weight is 395 g/mol. The summed E-state index contributed by atoms with van der Waals surface area (Å²) in [5, 5.41) is 1.78. The van der Waals surface area contributed by atoms with E-state index >= 15 is 0 Å². The first-order valence-electron chi connectivity index (χ1n) is 8.04. The first-order valence-corrected chi connectivity index (χ1v) is 8.04. The number of ether oxygens (including phenoxy) is 1. The number of nitrogens with one attached hydrogen (secondary N) is 1. The molecule has 1 heterocycles. The molecule has 0 aromatic heterocycles. The number of alkyl halides is 5. The van der Waals surface area contributed by atoms with Crippen LogP contribution in [0.5, 0.6) is 5.75 Å². The molecular formula is C16H18F5N3O3. The van der Waals surface area contributed by atoms with Crippen LogP contribution in [-0.2, 0) is 4.79 Å². The van der Waals surface area contributed by atoms with E-state index in [2.05, 4.69) is 4.74 Å². The molecule has 0 radical (unpaired) electrons. The quantitative estimate of drug-likeness (QED) is 0.746. The molecule has 1 saturated heterocycles. The molecule has 27 heavy (non-hydrogen) atoms. The number of benzene rings is 1. The summed E-state index contributed by atoms with van der Waals surface area (Å²) in [5.74, 6) is -1.48. The lowest BCUT2D eigenvalue weighted by atomic mass is 10.1. The van der Waals surface area contributed by atoms with E-state index in [0.717, 1.165) is 0 Å². The molecule has 1 aliphatic rings. The van der Waals surface area contributed by atoms with Gasteiger partial charge in [-0.25, -0.2) is 0 Å². The van der Waals surface area contributed by atoms with E-state index in [1.807, 2.05) is 0 Å². The molecule has 0 saturated carbocycles. The Kier molecular flexibility index (Phi) is 6.94. The lowest BCUT2D eigenvalue weighted by Crippen LogP contribution is -2.51. The molecule has 150 valence electrons. The molecule has 6 nitrogen and oxygen atoms in total. The Labute approximate surface area is 151 Å². The van der Waals surface area contributed by atoms with Gasteiger partial charge in [0.25, 0.3) is 5.91 Å². The van der Waals surface area contributed by atoms with Crippen molar-refractivity contribution >= 4 is 11.8 Å². The van der Waals surface area contributed by atoms with Gasteiger partial charge in [-0.15, -0.1) is 0 Å². The third-order valence-electron chi connectivity index (χ3n) is 3.85. The predicted octanol–water partition coefficient (Wildman–Crippen LogP) is 1.72. The number of amides is 2. The van der Waals surface area contributed by atoms with Crippen LogP contribution in [0.25, 0.3) is 0 Å². The van der Waals surface area contributed by atoms with Crippen molar-refractivity contribution in [1.29, 1.82) is 0 Å². The number of hydrogen-bond donors (Lipinski definition) is 1. The zero-order valence-electron chi connectivity index (χ0n) is 14.1. The van der Waals surface area contributed by atoms with Gasteiger partial charge in [-0.2, -0.15) is 22.0 Å². The Hall–Kier alpha value is -2.43. The minimum atomic E-state index is -4.48. The fourth-order valence-corrected chi connectivity index (χ4v) is 2.58. The molecule has 0 unspecified atom stereocenters. The Morgan fingerprint density at radius 1 is 1.11 bits per heavy atom. The van der Waals surface area contributed by atoms with Crippen molar-refractivity contribution in [3.8, 4) is 5.75 Å². The van der Waals surface area contributed by atoms with Crippen molar-refractivity contribution in [2.45, 2.75) is 12.8 Å². The van der Waals surface area contributed by atoms with Gasteiger partial charge in [0.1, 0.15) is 12.3 Å². The summed E-state index contributed by atoms with van der Waals surface area (Å²) in [6, 6.07) is 5.62. The van der Waals surface area contributed by atoms with Gasteiger partial charge in [-0.05, 0) is 12.1 Å². The number of carbonyl (C=O) groups excluding carboxylic acids is 2. The van der Waals surface area contributed by atoms with Crippen LogP contribution in [0.1, 0.15) is 10.4 Å². The van der Waals surface area contributed by atoms with E-state index in [-0.39, 0.29) is 44.0 Å². The van der Waals surface area contributed by atoms with E-state index < -0.39 is 31.1 Å². The maximum Gasteiger partial charge on any atom is 0.405 e. The molecule has 1 fully saturated rings. The molecule has 1 N–H and O–H groups in total.